The molecule has 140 valence electrons. The Morgan fingerprint density at radius 1 is 1.31 bits per heavy atom. The van der Waals surface area contributed by atoms with Gasteiger partial charge in [-0.15, -0.1) is 0 Å². The highest BCUT2D eigenvalue weighted by molar-refractivity contribution is 6.30. The van der Waals surface area contributed by atoms with Crippen molar-refractivity contribution < 1.29 is 13.6 Å². The number of nitrogens with two attached hydrogens (primary N) is 1. The van der Waals surface area contributed by atoms with Crippen molar-refractivity contribution in [3.63, 3.8) is 0 Å². The van der Waals surface area contributed by atoms with Crippen molar-refractivity contribution in [2.45, 2.75) is 31.9 Å². The molecule has 8 heteroatoms. The fraction of sp³-hybridized carbons (Fsp3) is 0.444. The Bertz CT molecular complexity index is 759. The van der Waals surface area contributed by atoms with Crippen LogP contribution < -0.4 is 5.73 Å². The summed E-state index contributed by atoms with van der Waals surface area (Å²) in [5.41, 5.74) is 7.50. The molecule has 1 atom stereocenters. The molecule has 0 saturated carbocycles. The van der Waals surface area contributed by atoms with E-state index < -0.39 is 6.55 Å². The molecule has 0 aliphatic carbocycles. The molecule has 3 rings (SSSR count). The lowest BCUT2D eigenvalue weighted by molar-refractivity contribution is 0.0543. The molecule has 1 aliphatic rings. The van der Waals surface area contributed by atoms with Gasteiger partial charge in [0.2, 0.25) is 0 Å². The topological polar surface area (TPSA) is 64.2 Å². The van der Waals surface area contributed by atoms with E-state index in [1.807, 2.05) is 24.3 Å². The van der Waals surface area contributed by atoms with Crippen molar-refractivity contribution in [2.75, 3.05) is 13.1 Å². The second-order valence-electron chi connectivity index (χ2n) is 6.59. The maximum atomic E-state index is 12.6. The number of likely N-dealkylation sites (tertiary alicyclic amines) is 1. The normalized spacial score (nSPS) is 16.9. The number of rotatable bonds is 5. The summed E-state index contributed by atoms with van der Waals surface area (Å²) in [5, 5.41) is 4.33. The third-order valence-corrected chi connectivity index (χ3v) is 5.06. The molecule has 1 aromatic heterocycles. The molecule has 1 fully saturated rings. The third-order valence-electron chi connectivity index (χ3n) is 4.82. The van der Waals surface area contributed by atoms with E-state index in [9.17, 15) is 13.6 Å². The van der Waals surface area contributed by atoms with Crippen LogP contribution in [0.3, 0.4) is 0 Å². The minimum absolute atomic E-state index is 0.0104. The fourth-order valence-electron chi connectivity index (χ4n) is 3.36. The first kappa shape index (κ1) is 18.8. The summed E-state index contributed by atoms with van der Waals surface area (Å²) in [6.07, 6.45) is 3.41. The van der Waals surface area contributed by atoms with Crippen LogP contribution in [0.5, 0.6) is 0 Å². The van der Waals surface area contributed by atoms with Crippen LogP contribution in [0.2, 0.25) is 5.02 Å². The monoisotopic (exact) mass is 382 g/mol. The van der Waals surface area contributed by atoms with Crippen molar-refractivity contribution in [3.05, 3.63) is 52.8 Å². The zero-order chi connectivity index (χ0) is 18.7. The van der Waals surface area contributed by atoms with Gasteiger partial charge in [0.1, 0.15) is 0 Å². The standard InChI is InChI=1S/C18H21ClF2N4O/c19-14-3-1-2-12(10-14)11-15(22)13-4-7-24(8-5-13)17(26)16-6-9-25(23-16)18(20)21/h1-3,6,9-10,13,15,18H,4-5,7-8,11,22H2. The van der Waals surface area contributed by atoms with Crippen molar-refractivity contribution in [1.82, 2.24) is 14.7 Å². The number of aromatic nitrogens is 2. The molecule has 0 spiro atoms. The number of carbonyl (C=O) groups is 1. The number of halogens is 3. The maximum absolute atomic E-state index is 12.6. The van der Waals surface area contributed by atoms with Gasteiger partial charge < -0.3 is 10.6 Å². The van der Waals surface area contributed by atoms with E-state index in [4.69, 9.17) is 17.3 Å². The van der Waals surface area contributed by atoms with E-state index in [1.165, 1.54) is 6.07 Å². The van der Waals surface area contributed by atoms with Gasteiger partial charge in [0.25, 0.3) is 5.91 Å². The Morgan fingerprint density at radius 2 is 2.04 bits per heavy atom. The first-order valence-electron chi connectivity index (χ1n) is 8.56. The molecular weight excluding hydrogens is 362 g/mol. The van der Waals surface area contributed by atoms with Crippen LogP contribution in [0, 0.1) is 5.92 Å². The highest BCUT2D eigenvalue weighted by Gasteiger charge is 2.28. The lowest BCUT2D eigenvalue weighted by Gasteiger charge is -2.34. The van der Waals surface area contributed by atoms with Gasteiger partial charge in [-0.3, -0.25) is 4.79 Å². The zero-order valence-electron chi connectivity index (χ0n) is 14.2. The van der Waals surface area contributed by atoms with Gasteiger partial charge in [-0.1, -0.05) is 23.7 Å². The molecule has 26 heavy (non-hydrogen) atoms. The number of alkyl halides is 2. The van der Waals surface area contributed by atoms with Crippen LogP contribution in [-0.2, 0) is 6.42 Å². The minimum Gasteiger partial charge on any atom is -0.337 e. The summed E-state index contributed by atoms with van der Waals surface area (Å²) in [6, 6.07) is 8.97. The highest BCUT2D eigenvalue weighted by atomic mass is 35.5. The number of piperidine rings is 1. The van der Waals surface area contributed by atoms with Crippen LogP contribution in [-0.4, -0.2) is 39.7 Å². The lowest BCUT2D eigenvalue weighted by Crippen LogP contribution is -2.44. The van der Waals surface area contributed by atoms with Gasteiger partial charge in [0.15, 0.2) is 5.69 Å². The average Bonchev–Trinajstić information content (AvgIpc) is 3.12. The van der Waals surface area contributed by atoms with Crippen LogP contribution in [0.4, 0.5) is 8.78 Å². The van der Waals surface area contributed by atoms with E-state index in [2.05, 4.69) is 5.10 Å². The summed E-state index contributed by atoms with van der Waals surface area (Å²) in [5.74, 6) is -0.0112. The molecule has 5 nitrogen and oxygen atoms in total. The molecular formula is C18H21ClF2N4O. The number of benzene rings is 1. The summed E-state index contributed by atoms with van der Waals surface area (Å²) in [7, 11) is 0. The molecule has 1 saturated heterocycles. The Balaban J connectivity index is 1.53. The average molecular weight is 383 g/mol. The van der Waals surface area contributed by atoms with Gasteiger partial charge in [-0.2, -0.15) is 13.9 Å². The summed E-state index contributed by atoms with van der Waals surface area (Å²) >= 11 is 6.01. The fourth-order valence-corrected chi connectivity index (χ4v) is 3.57. The van der Waals surface area contributed by atoms with Gasteiger partial charge in [0, 0.05) is 30.4 Å². The molecule has 1 aliphatic heterocycles. The largest absolute Gasteiger partial charge is 0.337 e. The molecule has 1 amide bonds. The van der Waals surface area contributed by atoms with Crippen LogP contribution in [0.1, 0.15) is 35.4 Å². The SMILES string of the molecule is NC(Cc1cccc(Cl)c1)C1CCN(C(=O)c2ccn(C(F)F)n2)CC1. The molecule has 2 N–H and O–H groups in total. The van der Waals surface area contributed by atoms with Crippen molar-refractivity contribution in [1.29, 1.82) is 0 Å². The van der Waals surface area contributed by atoms with Gasteiger partial charge in [-0.05, 0) is 48.9 Å². The second kappa shape index (κ2) is 8.14. The number of hydrogen-bond acceptors (Lipinski definition) is 3. The quantitative estimate of drug-likeness (QED) is 0.862. The number of amides is 1. The highest BCUT2D eigenvalue weighted by Crippen LogP contribution is 2.24. The number of carbonyl (C=O) groups excluding carboxylic acids is 1. The first-order chi connectivity index (χ1) is 12.4. The van der Waals surface area contributed by atoms with Gasteiger partial charge >= 0.3 is 6.55 Å². The molecule has 1 unspecified atom stereocenters. The second-order valence-corrected chi connectivity index (χ2v) is 7.02. The van der Waals surface area contributed by atoms with Gasteiger partial charge in [0.05, 0.1) is 0 Å². The maximum Gasteiger partial charge on any atom is 0.333 e. The Morgan fingerprint density at radius 3 is 2.65 bits per heavy atom. The molecule has 0 bridgehead atoms. The molecule has 1 aromatic carbocycles. The predicted octanol–water partition coefficient (Wildman–Crippen LogP) is 3.35. The Hall–Kier alpha value is -1.99. The van der Waals surface area contributed by atoms with Crippen LogP contribution in [0.15, 0.2) is 36.5 Å². The molecule has 0 radical (unpaired) electrons. The Kier molecular flexibility index (Phi) is 5.88. The van der Waals surface area contributed by atoms with E-state index in [0.29, 0.717) is 28.7 Å². The summed E-state index contributed by atoms with van der Waals surface area (Å²) in [4.78, 5) is 14.1. The van der Waals surface area contributed by atoms with Crippen molar-refractivity contribution in [2.24, 2.45) is 11.7 Å². The summed E-state index contributed by atoms with van der Waals surface area (Å²) in [6.45, 7) is -1.64. The zero-order valence-corrected chi connectivity index (χ0v) is 14.9. The minimum atomic E-state index is -2.74. The van der Waals surface area contributed by atoms with E-state index in [1.54, 1.807) is 4.90 Å². The smallest absolute Gasteiger partial charge is 0.333 e. The first-order valence-corrected chi connectivity index (χ1v) is 8.94. The number of nitrogens with zero attached hydrogens (tertiary/aromatic N) is 3. The van der Waals surface area contributed by atoms with E-state index >= 15 is 0 Å². The van der Waals surface area contributed by atoms with Crippen molar-refractivity contribution in [3.8, 4) is 0 Å². The summed E-state index contributed by atoms with van der Waals surface area (Å²) < 4.78 is 25.7. The molecule has 2 heterocycles. The van der Waals surface area contributed by atoms with Gasteiger partial charge in [-0.25, -0.2) is 4.68 Å². The van der Waals surface area contributed by atoms with E-state index in [0.717, 1.165) is 31.0 Å². The Labute approximate surface area is 155 Å². The van der Waals surface area contributed by atoms with E-state index in [-0.39, 0.29) is 17.6 Å². The van der Waals surface area contributed by atoms with Crippen LogP contribution >= 0.6 is 11.6 Å². The van der Waals surface area contributed by atoms with Crippen molar-refractivity contribution >= 4 is 17.5 Å². The number of hydrogen-bond donors (Lipinski definition) is 1. The lowest BCUT2D eigenvalue weighted by atomic mass is 9.86. The van der Waals surface area contributed by atoms with Crippen LogP contribution in [0.25, 0.3) is 0 Å². The predicted molar refractivity (Wildman–Crippen MR) is 95.2 cm³/mol. The molecule has 2 aromatic rings. The third kappa shape index (κ3) is 4.40.